The van der Waals surface area contributed by atoms with Crippen LogP contribution in [0, 0.1) is 5.82 Å². The Morgan fingerprint density at radius 2 is 1.94 bits per heavy atom. The van der Waals surface area contributed by atoms with Crippen LogP contribution < -0.4 is 5.32 Å². The minimum atomic E-state index is -0.381. The van der Waals surface area contributed by atoms with Crippen LogP contribution in [-0.2, 0) is 13.0 Å². The summed E-state index contributed by atoms with van der Waals surface area (Å²) in [6.07, 6.45) is 1.01. The second kappa shape index (κ2) is 5.87. The predicted molar refractivity (Wildman–Crippen MR) is 74.6 cm³/mol. The summed E-state index contributed by atoms with van der Waals surface area (Å²) in [7, 11) is 0. The summed E-state index contributed by atoms with van der Waals surface area (Å²) >= 11 is 5.74. The Morgan fingerprint density at radius 3 is 2.67 bits per heavy atom. The van der Waals surface area contributed by atoms with Crippen LogP contribution in [0.15, 0.2) is 42.5 Å². The van der Waals surface area contributed by atoms with Crippen molar-refractivity contribution in [3.8, 4) is 0 Å². The second-order valence-corrected chi connectivity index (χ2v) is 4.56. The van der Waals surface area contributed by atoms with Gasteiger partial charge in [-0.15, -0.1) is 0 Å². The van der Waals surface area contributed by atoms with Crippen molar-refractivity contribution in [1.29, 1.82) is 0 Å². The van der Waals surface area contributed by atoms with E-state index in [0.717, 1.165) is 17.7 Å². The normalized spacial score (nSPS) is 10.4. The lowest BCUT2D eigenvalue weighted by Crippen LogP contribution is -2.00. The molecule has 2 aromatic rings. The highest BCUT2D eigenvalue weighted by atomic mass is 35.5. The summed E-state index contributed by atoms with van der Waals surface area (Å²) in [4.78, 5) is 0. The van der Waals surface area contributed by atoms with E-state index in [9.17, 15) is 4.39 Å². The molecule has 0 aliphatic heterocycles. The Hall–Kier alpha value is -1.54. The third kappa shape index (κ3) is 3.23. The lowest BCUT2D eigenvalue weighted by Gasteiger charge is -2.08. The first kappa shape index (κ1) is 12.9. The highest BCUT2D eigenvalue weighted by Gasteiger charge is 2.01. The zero-order chi connectivity index (χ0) is 13.0. The van der Waals surface area contributed by atoms with Gasteiger partial charge in [-0.05, 0) is 41.8 Å². The number of nitrogens with one attached hydrogen (secondary N) is 1. The number of hydrogen-bond donors (Lipinski definition) is 1. The van der Waals surface area contributed by atoms with Crippen LogP contribution in [0.4, 0.5) is 10.1 Å². The fourth-order valence-corrected chi connectivity index (χ4v) is 1.96. The van der Waals surface area contributed by atoms with E-state index in [2.05, 4.69) is 24.4 Å². The van der Waals surface area contributed by atoms with Crippen LogP contribution >= 0.6 is 11.6 Å². The van der Waals surface area contributed by atoms with E-state index in [1.54, 1.807) is 12.1 Å². The number of rotatable bonds is 4. The smallest absolute Gasteiger partial charge is 0.141 e. The van der Waals surface area contributed by atoms with Crippen molar-refractivity contribution in [2.45, 2.75) is 19.9 Å². The van der Waals surface area contributed by atoms with Gasteiger partial charge in [-0.1, -0.05) is 36.7 Å². The zero-order valence-electron chi connectivity index (χ0n) is 10.2. The first-order valence-electron chi connectivity index (χ1n) is 5.96. The Balaban J connectivity index is 2.04. The van der Waals surface area contributed by atoms with E-state index >= 15 is 0 Å². The maximum absolute atomic E-state index is 13.0. The summed E-state index contributed by atoms with van der Waals surface area (Å²) < 4.78 is 13.0. The second-order valence-electron chi connectivity index (χ2n) is 4.16. The average molecular weight is 264 g/mol. The predicted octanol–water partition coefficient (Wildman–Crippen LogP) is 4.65. The molecule has 0 saturated carbocycles. The molecule has 0 heterocycles. The van der Waals surface area contributed by atoms with Gasteiger partial charge in [0.2, 0.25) is 0 Å². The van der Waals surface area contributed by atoms with Gasteiger partial charge in [-0.2, -0.15) is 0 Å². The summed E-state index contributed by atoms with van der Waals surface area (Å²) in [5, 5.41) is 3.46. The van der Waals surface area contributed by atoms with Crippen molar-refractivity contribution >= 4 is 17.3 Å². The van der Waals surface area contributed by atoms with Gasteiger partial charge < -0.3 is 5.32 Å². The largest absolute Gasteiger partial charge is 0.381 e. The van der Waals surface area contributed by atoms with Crippen molar-refractivity contribution < 1.29 is 4.39 Å². The van der Waals surface area contributed by atoms with E-state index in [1.165, 1.54) is 11.6 Å². The van der Waals surface area contributed by atoms with Crippen molar-refractivity contribution in [2.75, 3.05) is 5.32 Å². The first-order valence-corrected chi connectivity index (χ1v) is 6.33. The van der Waals surface area contributed by atoms with Gasteiger partial charge >= 0.3 is 0 Å². The lowest BCUT2D eigenvalue weighted by atomic mass is 10.1. The molecule has 1 nitrogen and oxygen atoms in total. The quantitative estimate of drug-likeness (QED) is 0.846. The Labute approximate surface area is 112 Å². The summed E-state index contributed by atoms with van der Waals surface area (Å²) in [5.41, 5.74) is 3.32. The summed E-state index contributed by atoms with van der Waals surface area (Å²) in [5.74, 6) is -0.381. The molecule has 0 amide bonds. The maximum atomic E-state index is 13.0. The number of aryl methyl sites for hydroxylation is 1. The maximum Gasteiger partial charge on any atom is 0.141 e. The SMILES string of the molecule is CCc1cccc(NCc2ccc(F)c(Cl)c2)c1. The molecule has 0 bridgehead atoms. The molecular formula is C15H15ClFN. The van der Waals surface area contributed by atoms with E-state index in [-0.39, 0.29) is 10.8 Å². The van der Waals surface area contributed by atoms with Crippen LogP contribution in [0.2, 0.25) is 5.02 Å². The molecule has 2 aromatic carbocycles. The van der Waals surface area contributed by atoms with E-state index < -0.39 is 0 Å². The number of benzene rings is 2. The van der Waals surface area contributed by atoms with E-state index in [4.69, 9.17) is 11.6 Å². The molecule has 0 saturated heterocycles. The fraction of sp³-hybridized carbons (Fsp3) is 0.200. The lowest BCUT2D eigenvalue weighted by molar-refractivity contribution is 0.627. The third-order valence-electron chi connectivity index (χ3n) is 2.82. The molecule has 0 aromatic heterocycles. The van der Waals surface area contributed by atoms with Crippen molar-refractivity contribution in [1.82, 2.24) is 0 Å². The molecule has 0 aliphatic carbocycles. The molecule has 0 atom stereocenters. The standard InChI is InChI=1S/C15H15ClFN/c1-2-11-4-3-5-13(8-11)18-10-12-6-7-15(17)14(16)9-12/h3-9,18H,2,10H2,1H3. The molecule has 1 N–H and O–H groups in total. The van der Waals surface area contributed by atoms with Crippen LogP contribution in [0.3, 0.4) is 0 Å². The van der Waals surface area contributed by atoms with Gasteiger partial charge in [-0.3, -0.25) is 0 Å². The molecule has 94 valence electrons. The van der Waals surface area contributed by atoms with Crippen molar-refractivity contribution in [2.24, 2.45) is 0 Å². The molecule has 0 spiro atoms. The third-order valence-corrected chi connectivity index (χ3v) is 3.11. The molecule has 0 aliphatic rings. The molecular weight excluding hydrogens is 249 g/mol. The Kier molecular flexibility index (Phi) is 4.21. The molecule has 18 heavy (non-hydrogen) atoms. The summed E-state index contributed by atoms with van der Waals surface area (Å²) in [6.45, 7) is 2.76. The van der Waals surface area contributed by atoms with E-state index in [1.807, 2.05) is 12.1 Å². The molecule has 2 rings (SSSR count). The van der Waals surface area contributed by atoms with Gasteiger partial charge in [-0.25, -0.2) is 4.39 Å². The number of anilines is 1. The first-order chi connectivity index (χ1) is 8.69. The van der Waals surface area contributed by atoms with Crippen molar-refractivity contribution in [3.63, 3.8) is 0 Å². The van der Waals surface area contributed by atoms with Crippen molar-refractivity contribution in [3.05, 3.63) is 64.4 Å². The highest BCUT2D eigenvalue weighted by molar-refractivity contribution is 6.30. The van der Waals surface area contributed by atoms with Crippen LogP contribution in [0.1, 0.15) is 18.1 Å². The monoisotopic (exact) mass is 263 g/mol. The van der Waals surface area contributed by atoms with Gasteiger partial charge in [0, 0.05) is 12.2 Å². The van der Waals surface area contributed by atoms with E-state index in [0.29, 0.717) is 6.54 Å². The van der Waals surface area contributed by atoms with Gasteiger partial charge in [0.15, 0.2) is 0 Å². The number of halogens is 2. The molecule has 0 fully saturated rings. The van der Waals surface area contributed by atoms with Gasteiger partial charge in [0.1, 0.15) is 5.82 Å². The van der Waals surface area contributed by atoms with Gasteiger partial charge in [0.05, 0.1) is 5.02 Å². The average Bonchev–Trinajstić information content (AvgIpc) is 2.40. The minimum Gasteiger partial charge on any atom is -0.381 e. The minimum absolute atomic E-state index is 0.164. The van der Waals surface area contributed by atoms with Crippen LogP contribution in [-0.4, -0.2) is 0 Å². The Morgan fingerprint density at radius 1 is 1.11 bits per heavy atom. The molecule has 0 unspecified atom stereocenters. The van der Waals surface area contributed by atoms with Gasteiger partial charge in [0.25, 0.3) is 0 Å². The molecule has 0 radical (unpaired) electrons. The topological polar surface area (TPSA) is 12.0 Å². The Bertz CT molecular complexity index is 540. The molecule has 3 heteroatoms. The van der Waals surface area contributed by atoms with Crippen LogP contribution in [0.25, 0.3) is 0 Å². The zero-order valence-corrected chi connectivity index (χ0v) is 11.0. The highest BCUT2D eigenvalue weighted by Crippen LogP contribution is 2.17. The number of hydrogen-bond acceptors (Lipinski definition) is 1. The fourth-order valence-electron chi connectivity index (χ4n) is 1.75. The summed E-state index contributed by atoms with van der Waals surface area (Å²) in [6, 6.07) is 13.0. The van der Waals surface area contributed by atoms with Crippen LogP contribution in [0.5, 0.6) is 0 Å².